The fourth-order valence-corrected chi connectivity index (χ4v) is 5.71. The van der Waals surface area contributed by atoms with Crippen LogP contribution in [0.4, 0.5) is 8.78 Å². The van der Waals surface area contributed by atoms with Crippen molar-refractivity contribution in [2.45, 2.75) is 38.3 Å². The van der Waals surface area contributed by atoms with Crippen molar-refractivity contribution in [1.82, 2.24) is 24.5 Å². The highest BCUT2D eigenvalue weighted by atomic mass is 19.1. The molecule has 0 spiro atoms. The number of fused-ring (bicyclic) bond motifs is 3. The highest BCUT2D eigenvalue weighted by Crippen LogP contribution is 2.42. The number of nitrogens with zero attached hydrogens (tertiary/aromatic N) is 5. The van der Waals surface area contributed by atoms with Crippen molar-refractivity contribution in [3.05, 3.63) is 77.6 Å². The van der Waals surface area contributed by atoms with Crippen molar-refractivity contribution >= 4 is 21.9 Å². The van der Waals surface area contributed by atoms with Crippen molar-refractivity contribution in [3.8, 4) is 11.3 Å². The molecule has 1 atom stereocenters. The van der Waals surface area contributed by atoms with Gasteiger partial charge in [-0.05, 0) is 68.5 Å². The Morgan fingerprint density at radius 3 is 2.42 bits per heavy atom. The van der Waals surface area contributed by atoms with Crippen molar-refractivity contribution in [1.29, 1.82) is 0 Å². The van der Waals surface area contributed by atoms with Crippen LogP contribution in [0.25, 0.3) is 33.2 Å². The minimum Gasteiger partial charge on any atom is -0.386 e. The molecule has 196 valence electrons. The second-order valence-corrected chi connectivity index (χ2v) is 10.6. The van der Waals surface area contributed by atoms with Crippen LogP contribution in [-0.4, -0.2) is 42.9 Å². The van der Waals surface area contributed by atoms with Crippen LogP contribution in [0.3, 0.4) is 0 Å². The number of benzene rings is 2. The maximum absolute atomic E-state index is 15.4. The van der Waals surface area contributed by atoms with Crippen LogP contribution in [-0.2, 0) is 17.4 Å². The first-order chi connectivity index (χ1) is 18.2. The molecule has 2 aromatic carbocycles. The number of ether oxygens (including phenoxy) is 1. The molecule has 1 aliphatic heterocycles. The molecule has 9 heteroatoms. The van der Waals surface area contributed by atoms with Gasteiger partial charge in [-0.3, -0.25) is 4.98 Å². The zero-order valence-electron chi connectivity index (χ0n) is 21.5. The molecule has 1 fully saturated rings. The van der Waals surface area contributed by atoms with E-state index in [9.17, 15) is 9.50 Å². The molecule has 1 unspecified atom stereocenters. The molecule has 4 heterocycles. The first-order valence-corrected chi connectivity index (χ1v) is 12.8. The predicted octanol–water partition coefficient (Wildman–Crippen LogP) is 5.51. The van der Waals surface area contributed by atoms with E-state index in [2.05, 4.69) is 14.9 Å². The van der Waals surface area contributed by atoms with Crippen molar-refractivity contribution in [2.24, 2.45) is 13.0 Å². The largest absolute Gasteiger partial charge is 0.386 e. The minimum atomic E-state index is -1.39. The van der Waals surface area contributed by atoms with Crippen molar-refractivity contribution in [3.63, 3.8) is 0 Å². The molecule has 38 heavy (non-hydrogen) atoms. The summed E-state index contributed by atoms with van der Waals surface area (Å²) in [7, 11) is 1.82. The van der Waals surface area contributed by atoms with Gasteiger partial charge in [-0.2, -0.15) is 0 Å². The number of hydrogen-bond donors (Lipinski definition) is 1. The summed E-state index contributed by atoms with van der Waals surface area (Å²) in [6.45, 7) is 4.42. The molecular formula is C29H29F2N5O2. The highest BCUT2D eigenvalue weighted by Gasteiger charge is 2.32. The van der Waals surface area contributed by atoms with Crippen LogP contribution < -0.4 is 0 Å². The van der Waals surface area contributed by atoms with Gasteiger partial charge >= 0.3 is 0 Å². The lowest BCUT2D eigenvalue weighted by Gasteiger charge is -2.33. The lowest BCUT2D eigenvalue weighted by molar-refractivity contribution is 0.0552. The lowest BCUT2D eigenvalue weighted by atomic mass is 9.86. The molecule has 3 aromatic heterocycles. The summed E-state index contributed by atoms with van der Waals surface area (Å²) in [6.07, 6.45) is 5.06. The fraction of sp³-hybridized carbons (Fsp3) is 0.345. The molecule has 0 bridgehead atoms. The number of rotatable bonds is 5. The number of aliphatic hydroxyl groups is 1. The Hall–Kier alpha value is -3.69. The molecule has 7 nitrogen and oxygen atoms in total. The van der Waals surface area contributed by atoms with Gasteiger partial charge in [-0.25, -0.2) is 13.5 Å². The van der Waals surface area contributed by atoms with Crippen LogP contribution in [0.1, 0.15) is 43.9 Å². The maximum atomic E-state index is 15.4. The van der Waals surface area contributed by atoms with Gasteiger partial charge in [-0.1, -0.05) is 17.3 Å². The SMILES string of the molecule is Cn1nncc1-c1cnc2c3cc(F)c(C(C)(C)O)cc3n(C(c3ccc(F)cc3)C3CCOCC3)c2c1. The van der Waals surface area contributed by atoms with Gasteiger partial charge in [0.05, 0.1) is 40.1 Å². The van der Waals surface area contributed by atoms with E-state index in [1.807, 2.05) is 25.2 Å². The van der Waals surface area contributed by atoms with E-state index in [1.54, 1.807) is 37.0 Å². The van der Waals surface area contributed by atoms with E-state index in [-0.39, 0.29) is 23.3 Å². The standard InChI is InChI=1S/C29H29F2N5O2/c1-29(2,37)22-14-24-21(13-23(22)31)27-25(12-19(15-32-27)26-16-33-34-35(26)3)36(24)28(18-8-10-38-11-9-18)17-4-6-20(30)7-5-17/h4-7,12-16,18,28,37H,8-11H2,1-3H3. The first kappa shape index (κ1) is 24.6. The van der Waals surface area contributed by atoms with Gasteiger partial charge in [0, 0.05) is 43.0 Å². The summed E-state index contributed by atoms with van der Waals surface area (Å²) >= 11 is 0. The monoisotopic (exact) mass is 517 g/mol. The van der Waals surface area contributed by atoms with Gasteiger partial charge in [-0.15, -0.1) is 5.10 Å². The summed E-state index contributed by atoms with van der Waals surface area (Å²) in [6, 6.07) is 11.6. The Kier molecular flexibility index (Phi) is 6.00. The third-order valence-corrected chi connectivity index (χ3v) is 7.60. The van der Waals surface area contributed by atoms with Gasteiger partial charge in [0.2, 0.25) is 0 Å². The Morgan fingerprint density at radius 2 is 1.76 bits per heavy atom. The Balaban J connectivity index is 1.71. The topological polar surface area (TPSA) is 78.0 Å². The second-order valence-electron chi connectivity index (χ2n) is 10.6. The zero-order chi connectivity index (χ0) is 26.6. The average Bonchev–Trinajstić information content (AvgIpc) is 3.45. The Labute approximate surface area is 218 Å². The van der Waals surface area contributed by atoms with Crippen LogP contribution in [0.5, 0.6) is 0 Å². The van der Waals surface area contributed by atoms with Gasteiger partial charge in [0.25, 0.3) is 0 Å². The number of aryl methyl sites for hydroxylation is 1. The molecule has 5 aromatic rings. The second kappa shape index (κ2) is 9.25. The van der Waals surface area contributed by atoms with E-state index >= 15 is 4.39 Å². The molecule has 6 rings (SSSR count). The van der Waals surface area contributed by atoms with Gasteiger partial charge in [0.15, 0.2) is 0 Å². The Bertz CT molecular complexity index is 1630. The van der Waals surface area contributed by atoms with E-state index in [0.717, 1.165) is 40.7 Å². The summed E-state index contributed by atoms with van der Waals surface area (Å²) in [5.74, 6) is -0.610. The van der Waals surface area contributed by atoms with E-state index in [0.29, 0.717) is 24.1 Å². The third-order valence-electron chi connectivity index (χ3n) is 7.60. The maximum Gasteiger partial charge on any atom is 0.130 e. The van der Waals surface area contributed by atoms with Crippen LogP contribution in [0.2, 0.25) is 0 Å². The van der Waals surface area contributed by atoms with Crippen LogP contribution >= 0.6 is 0 Å². The Morgan fingerprint density at radius 1 is 1.03 bits per heavy atom. The minimum absolute atomic E-state index is 0.186. The molecule has 0 aliphatic carbocycles. The predicted molar refractivity (Wildman–Crippen MR) is 141 cm³/mol. The van der Waals surface area contributed by atoms with Gasteiger partial charge in [0.1, 0.15) is 11.6 Å². The lowest BCUT2D eigenvalue weighted by Crippen LogP contribution is -2.27. The normalized spacial score (nSPS) is 15.9. The first-order valence-electron chi connectivity index (χ1n) is 12.8. The molecular weight excluding hydrogens is 488 g/mol. The fourth-order valence-electron chi connectivity index (χ4n) is 5.71. The quantitative estimate of drug-likeness (QED) is 0.333. The number of aromatic nitrogens is 5. The molecule has 1 saturated heterocycles. The van der Waals surface area contributed by atoms with Crippen molar-refractivity contribution in [2.75, 3.05) is 13.2 Å². The van der Waals surface area contributed by atoms with Crippen LogP contribution in [0.15, 0.2) is 54.9 Å². The van der Waals surface area contributed by atoms with E-state index < -0.39 is 11.4 Å². The van der Waals surface area contributed by atoms with Crippen LogP contribution in [0, 0.1) is 17.6 Å². The smallest absolute Gasteiger partial charge is 0.130 e. The molecule has 0 amide bonds. The number of pyridine rings is 1. The molecule has 0 saturated carbocycles. The van der Waals surface area contributed by atoms with Gasteiger partial charge < -0.3 is 14.4 Å². The molecule has 0 radical (unpaired) electrons. The van der Waals surface area contributed by atoms with Crippen molar-refractivity contribution < 1.29 is 18.6 Å². The average molecular weight is 518 g/mol. The molecule has 1 aliphatic rings. The summed E-state index contributed by atoms with van der Waals surface area (Å²) in [5, 5.41) is 19.5. The summed E-state index contributed by atoms with van der Waals surface area (Å²) in [4.78, 5) is 4.79. The highest BCUT2D eigenvalue weighted by molar-refractivity contribution is 6.07. The summed E-state index contributed by atoms with van der Waals surface area (Å²) in [5.41, 5.74) is 3.60. The zero-order valence-corrected chi connectivity index (χ0v) is 21.5. The third kappa shape index (κ3) is 4.16. The summed E-state index contributed by atoms with van der Waals surface area (Å²) < 4.78 is 38.9. The van der Waals surface area contributed by atoms with E-state index in [4.69, 9.17) is 9.72 Å². The number of hydrogen-bond acceptors (Lipinski definition) is 5. The van der Waals surface area contributed by atoms with E-state index in [1.165, 1.54) is 18.2 Å². The number of halogens is 2. The molecule has 1 N–H and O–H groups in total.